The van der Waals surface area contributed by atoms with Gasteiger partial charge in [-0.3, -0.25) is 14.9 Å². The van der Waals surface area contributed by atoms with Crippen LogP contribution in [0.2, 0.25) is 5.02 Å². The highest BCUT2D eigenvalue weighted by Crippen LogP contribution is 2.09. The molecule has 1 aromatic rings. The molecule has 5 nitrogen and oxygen atoms in total. The van der Waals surface area contributed by atoms with Crippen LogP contribution < -0.4 is 5.32 Å². The lowest BCUT2D eigenvalue weighted by Gasteiger charge is -2.02. The number of carbonyl (C=O) groups is 1. The van der Waals surface area contributed by atoms with Crippen molar-refractivity contribution in [2.24, 2.45) is 0 Å². The predicted octanol–water partition coefficient (Wildman–Crippen LogP) is 1.28. The number of rotatable bonds is 5. The lowest BCUT2D eigenvalue weighted by molar-refractivity contribution is -0.467. The van der Waals surface area contributed by atoms with Crippen LogP contribution >= 0.6 is 11.6 Å². The summed E-state index contributed by atoms with van der Waals surface area (Å²) < 4.78 is 0. The second-order valence-corrected chi connectivity index (χ2v) is 3.65. The van der Waals surface area contributed by atoms with Crippen molar-refractivity contribution in [1.29, 1.82) is 0 Å². The minimum atomic E-state index is -0.680. The lowest BCUT2D eigenvalue weighted by atomic mass is 10.1. The molecule has 0 aliphatic carbocycles. The van der Waals surface area contributed by atoms with Crippen molar-refractivity contribution in [2.75, 3.05) is 13.1 Å². The summed E-state index contributed by atoms with van der Waals surface area (Å²) in [5.41, 5.74) is 1.02. The fraction of sp³-hybridized carbons (Fsp3) is 0.300. The Bertz CT molecular complexity index is 378. The Kier molecular flexibility index (Phi) is 4.72. The van der Waals surface area contributed by atoms with Gasteiger partial charge in [0, 0.05) is 16.5 Å². The summed E-state index contributed by atoms with van der Waals surface area (Å²) in [6.45, 7) is -0.297. The van der Waals surface area contributed by atoms with Crippen molar-refractivity contribution in [2.45, 2.75) is 6.42 Å². The number of hydrogen-bond donors (Lipinski definition) is 1. The molecule has 0 fully saturated rings. The van der Waals surface area contributed by atoms with Gasteiger partial charge in [0.05, 0.1) is 0 Å². The molecule has 0 heterocycles. The van der Waals surface area contributed by atoms with Crippen LogP contribution in [0.15, 0.2) is 24.3 Å². The summed E-state index contributed by atoms with van der Waals surface area (Å²) in [6.07, 6.45) is 0.626. The summed E-state index contributed by atoms with van der Waals surface area (Å²) in [6, 6.07) is 7.22. The van der Waals surface area contributed by atoms with E-state index in [9.17, 15) is 14.9 Å². The maximum Gasteiger partial charge on any atom is 0.291 e. The van der Waals surface area contributed by atoms with Crippen LogP contribution in [0.4, 0.5) is 0 Å². The quantitative estimate of drug-likeness (QED) is 0.624. The fourth-order valence-corrected chi connectivity index (χ4v) is 1.30. The monoisotopic (exact) mass is 242 g/mol. The summed E-state index contributed by atoms with van der Waals surface area (Å²) in [5, 5.41) is 13.1. The maximum atomic E-state index is 10.9. The van der Waals surface area contributed by atoms with E-state index < -0.39 is 17.4 Å². The van der Waals surface area contributed by atoms with Crippen LogP contribution in [0, 0.1) is 10.1 Å². The Hall–Kier alpha value is -1.62. The van der Waals surface area contributed by atoms with E-state index in [0.717, 1.165) is 5.56 Å². The molecule has 6 heteroatoms. The average Bonchev–Trinajstić information content (AvgIpc) is 2.20. The van der Waals surface area contributed by atoms with E-state index in [-0.39, 0.29) is 0 Å². The first-order chi connectivity index (χ1) is 7.58. The van der Waals surface area contributed by atoms with Gasteiger partial charge < -0.3 is 5.32 Å². The minimum Gasteiger partial charge on any atom is -0.350 e. The zero-order valence-electron chi connectivity index (χ0n) is 8.48. The SMILES string of the molecule is O=C(C[N+](=O)[O-])NCCc1ccc(Cl)cc1. The molecule has 0 aliphatic rings. The molecule has 0 aromatic heterocycles. The first-order valence-electron chi connectivity index (χ1n) is 4.71. The Labute approximate surface area is 97.6 Å². The van der Waals surface area contributed by atoms with Crippen LogP contribution in [0.5, 0.6) is 0 Å². The van der Waals surface area contributed by atoms with Crippen molar-refractivity contribution in [3.05, 3.63) is 45.0 Å². The van der Waals surface area contributed by atoms with Crippen LogP contribution in [0.3, 0.4) is 0 Å². The molecule has 0 radical (unpaired) electrons. The number of carbonyl (C=O) groups excluding carboxylic acids is 1. The Balaban J connectivity index is 2.28. The Morgan fingerprint density at radius 1 is 1.38 bits per heavy atom. The summed E-state index contributed by atoms with van der Waals surface area (Å²) in [7, 11) is 0. The number of nitrogens with one attached hydrogen (secondary N) is 1. The number of amides is 1. The molecule has 1 N–H and O–H groups in total. The second-order valence-electron chi connectivity index (χ2n) is 3.22. The van der Waals surface area contributed by atoms with E-state index in [1.165, 1.54) is 0 Å². The molecule has 0 saturated heterocycles. The molecule has 1 aromatic carbocycles. The maximum absolute atomic E-state index is 10.9. The van der Waals surface area contributed by atoms with Gasteiger partial charge in [-0.1, -0.05) is 23.7 Å². The third-order valence-electron chi connectivity index (χ3n) is 1.92. The molecule has 0 saturated carbocycles. The molecular formula is C10H11ClN2O3. The van der Waals surface area contributed by atoms with E-state index in [2.05, 4.69) is 5.32 Å². The molecular weight excluding hydrogens is 232 g/mol. The minimum absolute atomic E-state index is 0.383. The van der Waals surface area contributed by atoms with E-state index in [1.807, 2.05) is 12.1 Å². The number of nitrogens with zero attached hydrogens (tertiary/aromatic N) is 1. The van der Waals surface area contributed by atoms with Gasteiger partial charge in [0.1, 0.15) is 0 Å². The van der Waals surface area contributed by atoms with Crippen molar-refractivity contribution in [1.82, 2.24) is 5.32 Å². The number of benzene rings is 1. The van der Waals surface area contributed by atoms with Gasteiger partial charge in [-0.05, 0) is 24.1 Å². The lowest BCUT2D eigenvalue weighted by Crippen LogP contribution is -2.31. The van der Waals surface area contributed by atoms with Crippen molar-refractivity contribution in [3.8, 4) is 0 Å². The van der Waals surface area contributed by atoms with Crippen molar-refractivity contribution < 1.29 is 9.72 Å². The molecule has 0 aliphatic heterocycles. The van der Waals surface area contributed by atoms with Gasteiger partial charge >= 0.3 is 0 Å². The highest BCUT2D eigenvalue weighted by atomic mass is 35.5. The van der Waals surface area contributed by atoms with Gasteiger partial charge in [-0.2, -0.15) is 0 Å². The molecule has 0 unspecified atom stereocenters. The third-order valence-corrected chi connectivity index (χ3v) is 2.17. The van der Waals surface area contributed by atoms with E-state index in [4.69, 9.17) is 11.6 Å². The van der Waals surface area contributed by atoms with E-state index >= 15 is 0 Å². The van der Waals surface area contributed by atoms with Gasteiger partial charge in [0.25, 0.3) is 12.5 Å². The second kappa shape index (κ2) is 6.07. The smallest absolute Gasteiger partial charge is 0.291 e. The predicted molar refractivity (Wildman–Crippen MR) is 60.0 cm³/mol. The first kappa shape index (κ1) is 12.4. The highest BCUT2D eigenvalue weighted by Gasteiger charge is 2.07. The fourth-order valence-electron chi connectivity index (χ4n) is 1.17. The number of nitro groups is 1. The average molecular weight is 243 g/mol. The summed E-state index contributed by atoms with van der Waals surface area (Å²) in [4.78, 5) is 20.3. The molecule has 16 heavy (non-hydrogen) atoms. The van der Waals surface area contributed by atoms with Crippen LogP contribution in [0.1, 0.15) is 5.56 Å². The van der Waals surface area contributed by atoms with Gasteiger partial charge in [-0.25, -0.2) is 0 Å². The Morgan fingerprint density at radius 3 is 2.56 bits per heavy atom. The zero-order chi connectivity index (χ0) is 12.0. The van der Waals surface area contributed by atoms with Crippen LogP contribution in [-0.2, 0) is 11.2 Å². The third kappa shape index (κ3) is 4.75. The molecule has 1 rings (SSSR count). The number of hydrogen-bond acceptors (Lipinski definition) is 3. The molecule has 0 bridgehead atoms. The normalized spacial score (nSPS) is 9.81. The Morgan fingerprint density at radius 2 is 2.00 bits per heavy atom. The first-order valence-corrected chi connectivity index (χ1v) is 5.08. The topological polar surface area (TPSA) is 72.2 Å². The van der Waals surface area contributed by atoms with Crippen molar-refractivity contribution >= 4 is 17.5 Å². The molecule has 0 spiro atoms. The standard InChI is InChI=1S/C10H11ClN2O3/c11-9-3-1-8(2-4-9)5-6-12-10(14)7-13(15)16/h1-4H,5-7H2,(H,12,14). The largest absolute Gasteiger partial charge is 0.350 e. The van der Waals surface area contributed by atoms with Crippen molar-refractivity contribution in [3.63, 3.8) is 0 Å². The summed E-state index contributed by atoms with van der Waals surface area (Å²) in [5.74, 6) is -0.570. The van der Waals surface area contributed by atoms with E-state index in [1.54, 1.807) is 12.1 Å². The zero-order valence-corrected chi connectivity index (χ0v) is 9.24. The highest BCUT2D eigenvalue weighted by molar-refractivity contribution is 6.30. The molecule has 1 amide bonds. The van der Waals surface area contributed by atoms with Gasteiger partial charge in [0.15, 0.2) is 0 Å². The number of halogens is 1. The van der Waals surface area contributed by atoms with Crippen LogP contribution in [-0.4, -0.2) is 23.9 Å². The van der Waals surface area contributed by atoms with Gasteiger partial charge in [-0.15, -0.1) is 0 Å². The van der Waals surface area contributed by atoms with Gasteiger partial charge in [0.2, 0.25) is 0 Å². The van der Waals surface area contributed by atoms with Crippen LogP contribution in [0.25, 0.3) is 0 Å². The van der Waals surface area contributed by atoms with E-state index in [0.29, 0.717) is 18.0 Å². The summed E-state index contributed by atoms with van der Waals surface area (Å²) >= 11 is 5.71. The molecule has 86 valence electrons. The molecule has 0 atom stereocenters.